The van der Waals surface area contributed by atoms with Gasteiger partial charge in [0, 0.05) is 32.6 Å². The Hall–Kier alpha value is -5.87. The first-order chi connectivity index (χ1) is 32.4. The van der Waals surface area contributed by atoms with Crippen molar-refractivity contribution in [3.05, 3.63) is 149 Å². The van der Waals surface area contributed by atoms with Crippen LogP contribution in [0.25, 0.3) is 5.57 Å². The van der Waals surface area contributed by atoms with Crippen molar-refractivity contribution in [2.45, 2.75) is 103 Å². The highest BCUT2D eigenvalue weighted by atomic mass is 16.7. The molecule has 2 saturated heterocycles. The summed E-state index contributed by atoms with van der Waals surface area (Å²) in [6.45, 7) is 6.74. The van der Waals surface area contributed by atoms with Gasteiger partial charge in [-0.05, 0) is 54.0 Å². The minimum atomic E-state index is -1.70. The van der Waals surface area contributed by atoms with E-state index in [1.165, 1.54) is 7.11 Å². The van der Waals surface area contributed by atoms with Crippen LogP contribution >= 0.6 is 0 Å². The molecule has 0 bridgehead atoms. The summed E-state index contributed by atoms with van der Waals surface area (Å²) >= 11 is 0. The van der Waals surface area contributed by atoms with Crippen LogP contribution in [0.4, 0.5) is 4.79 Å². The van der Waals surface area contributed by atoms with E-state index in [1.807, 2.05) is 87.5 Å². The first kappa shape index (κ1) is 50.5. The van der Waals surface area contributed by atoms with Gasteiger partial charge in [-0.3, -0.25) is 19.2 Å². The number of rotatable bonds is 23. The highest BCUT2D eigenvalue weighted by Crippen LogP contribution is 2.32. The monoisotopic (exact) mass is 919 g/mol. The number of hydrogen-bond donors (Lipinski definition) is 1. The number of nitrogens with zero attached hydrogens (tertiary/aromatic N) is 1. The van der Waals surface area contributed by atoms with Gasteiger partial charge < -0.3 is 38.3 Å². The largest absolute Gasteiger partial charge is 0.453 e. The van der Waals surface area contributed by atoms with E-state index in [0.717, 1.165) is 34.6 Å². The number of Topliss-reactive ketones (excluding diaryl/α,β-unsaturated/α-hetero) is 1. The Balaban J connectivity index is 1.25. The highest BCUT2D eigenvalue weighted by molar-refractivity contribution is 6.25. The number of aliphatic hydroxyl groups is 1. The maximum atomic E-state index is 14.6. The van der Waals surface area contributed by atoms with Crippen molar-refractivity contribution >= 4 is 35.1 Å². The van der Waals surface area contributed by atoms with Gasteiger partial charge in [-0.15, -0.1) is 0 Å². The molecule has 0 radical (unpaired) electrons. The van der Waals surface area contributed by atoms with Gasteiger partial charge in [-0.25, -0.2) is 9.69 Å². The van der Waals surface area contributed by atoms with Gasteiger partial charge in [0.2, 0.25) is 5.91 Å². The van der Waals surface area contributed by atoms with E-state index in [0.29, 0.717) is 11.1 Å². The molecule has 4 aromatic rings. The molecule has 8 atom stereocenters. The lowest BCUT2D eigenvalue weighted by Crippen LogP contribution is -2.61. The molecule has 2 aliphatic heterocycles. The van der Waals surface area contributed by atoms with Crippen molar-refractivity contribution < 1.29 is 62.2 Å². The molecule has 6 rings (SSSR count). The van der Waals surface area contributed by atoms with Gasteiger partial charge in [-0.1, -0.05) is 135 Å². The predicted molar refractivity (Wildman–Crippen MR) is 247 cm³/mol. The summed E-state index contributed by atoms with van der Waals surface area (Å²) in [7, 11) is 1.47. The standard InChI is InChI=1S/C53H61NO13/c1-34(2)43-33-65-53(60)54(43)51(59)42(28-37-18-9-6-10-19-37)47(66-36(4)56)45(58)29-41(40-24-15-17-35(3)27-40)44(57)25-16-26-62-50-49(64-32-39-22-13-8-14-23-39)48(46(30-55)67-52(50)61-5)63-31-38-20-11-7-12-21-38/h6-15,17-24,27,29,34,42-43,46-50,52,55H,16,25-26,28,30-33H2,1-5H3/t42-,43+,46+,47-,48+,49-,50-,52-/m0/s1. The molecule has 2 amide bonds. The Kier molecular flexibility index (Phi) is 18.7. The molecule has 0 aromatic heterocycles. The molecule has 14 heteroatoms. The lowest BCUT2D eigenvalue weighted by atomic mass is 9.87. The maximum Gasteiger partial charge on any atom is 0.416 e. The van der Waals surface area contributed by atoms with Crippen LogP contribution in [0.2, 0.25) is 0 Å². The number of amides is 2. The summed E-state index contributed by atoms with van der Waals surface area (Å²) in [4.78, 5) is 70.4. The van der Waals surface area contributed by atoms with E-state index in [2.05, 4.69) is 0 Å². The molecule has 0 saturated carbocycles. The summed E-state index contributed by atoms with van der Waals surface area (Å²) in [5, 5.41) is 10.5. The summed E-state index contributed by atoms with van der Waals surface area (Å²) in [5.41, 5.74) is 3.78. The van der Waals surface area contributed by atoms with Gasteiger partial charge >= 0.3 is 12.1 Å². The Bertz CT molecular complexity index is 2290. The van der Waals surface area contributed by atoms with Crippen LogP contribution < -0.4 is 0 Å². The Morgan fingerprint density at radius 3 is 1.99 bits per heavy atom. The number of ether oxygens (including phenoxy) is 7. The van der Waals surface area contributed by atoms with E-state index < -0.39 is 78.3 Å². The average molecular weight is 920 g/mol. The predicted octanol–water partition coefficient (Wildman–Crippen LogP) is 7.01. The first-order valence-corrected chi connectivity index (χ1v) is 22.7. The molecule has 67 heavy (non-hydrogen) atoms. The van der Waals surface area contributed by atoms with Crippen molar-refractivity contribution in [2.24, 2.45) is 11.8 Å². The zero-order valence-electron chi connectivity index (χ0n) is 38.7. The van der Waals surface area contributed by atoms with Gasteiger partial charge in [0.05, 0.1) is 31.8 Å². The topological polar surface area (TPSA) is 173 Å². The van der Waals surface area contributed by atoms with Crippen LogP contribution in [0.3, 0.4) is 0 Å². The SMILES string of the molecule is CO[C@H]1O[C@H](CO)[C@@H](OCc2ccccc2)[C@H](OCc2ccccc2)[C@@H]1OCCCC(=O)C(=CC(=O)[C@@H](OC(C)=O)[C@H](Cc1ccccc1)C(=O)N1C(=O)OC[C@@H]1C(C)C)c1cccc(C)c1. The summed E-state index contributed by atoms with van der Waals surface area (Å²) in [6.07, 6.45) is -5.56. The average Bonchev–Trinajstić information content (AvgIpc) is 3.73. The molecule has 0 aliphatic carbocycles. The summed E-state index contributed by atoms with van der Waals surface area (Å²) in [6, 6.07) is 34.5. The van der Waals surface area contributed by atoms with Gasteiger partial charge in [0.25, 0.3) is 0 Å². The van der Waals surface area contributed by atoms with Crippen molar-refractivity contribution in [2.75, 3.05) is 26.9 Å². The zero-order chi connectivity index (χ0) is 47.9. The number of methoxy groups -OCH3 is 1. The smallest absolute Gasteiger partial charge is 0.416 e. The number of imide groups is 1. The molecule has 356 valence electrons. The number of carbonyl (C=O) groups is 5. The Morgan fingerprint density at radius 2 is 1.42 bits per heavy atom. The molecule has 14 nitrogen and oxygen atoms in total. The number of hydrogen-bond acceptors (Lipinski definition) is 13. The molecule has 2 fully saturated rings. The van der Waals surface area contributed by atoms with Gasteiger partial charge in [0.15, 0.2) is 24.0 Å². The second-order valence-electron chi connectivity index (χ2n) is 17.1. The third kappa shape index (κ3) is 13.6. The fraction of sp³-hybridized carbons (Fsp3) is 0.415. The van der Waals surface area contributed by atoms with E-state index >= 15 is 0 Å². The molecular formula is C53H61NO13. The number of esters is 1. The van der Waals surface area contributed by atoms with Crippen molar-refractivity contribution in [1.82, 2.24) is 4.90 Å². The fourth-order valence-corrected chi connectivity index (χ4v) is 8.33. The molecule has 1 N–H and O–H groups in total. The lowest BCUT2D eigenvalue weighted by molar-refractivity contribution is -0.319. The van der Waals surface area contributed by atoms with Crippen LogP contribution in [0.15, 0.2) is 121 Å². The van der Waals surface area contributed by atoms with Crippen molar-refractivity contribution in [3.8, 4) is 0 Å². The van der Waals surface area contributed by atoms with Crippen molar-refractivity contribution in [1.29, 1.82) is 0 Å². The Labute approximate surface area is 392 Å². The quantitative estimate of drug-likeness (QED) is 0.0458. The van der Waals surface area contributed by atoms with Crippen LogP contribution in [-0.2, 0) is 72.0 Å². The Morgan fingerprint density at radius 1 is 0.806 bits per heavy atom. The van der Waals surface area contributed by atoms with Gasteiger partial charge in [-0.2, -0.15) is 0 Å². The normalized spacial score (nSPS) is 21.7. The number of benzene rings is 4. The maximum absolute atomic E-state index is 14.6. The number of allylic oxidation sites excluding steroid dienone is 1. The van der Waals surface area contributed by atoms with E-state index in [9.17, 15) is 29.1 Å². The third-order valence-electron chi connectivity index (χ3n) is 11.8. The molecule has 0 spiro atoms. The summed E-state index contributed by atoms with van der Waals surface area (Å²) in [5.74, 6) is -4.30. The minimum Gasteiger partial charge on any atom is -0.453 e. The fourth-order valence-electron chi connectivity index (χ4n) is 8.33. The van der Waals surface area contributed by atoms with E-state index in [1.54, 1.807) is 48.5 Å². The second kappa shape index (κ2) is 24.8. The minimum absolute atomic E-state index is 0.0187. The van der Waals surface area contributed by atoms with Crippen LogP contribution in [0.1, 0.15) is 61.4 Å². The molecular weight excluding hydrogens is 859 g/mol. The van der Waals surface area contributed by atoms with E-state index in [4.69, 9.17) is 33.2 Å². The molecule has 0 unspecified atom stereocenters. The summed E-state index contributed by atoms with van der Waals surface area (Å²) < 4.78 is 42.3. The molecule has 2 aliphatic rings. The van der Waals surface area contributed by atoms with Crippen molar-refractivity contribution in [3.63, 3.8) is 0 Å². The first-order valence-electron chi connectivity index (χ1n) is 22.7. The van der Waals surface area contributed by atoms with Gasteiger partial charge in [0.1, 0.15) is 31.0 Å². The van der Waals surface area contributed by atoms with E-state index in [-0.39, 0.29) is 63.8 Å². The van der Waals surface area contributed by atoms with Crippen LogP contribution in [0.5, 0.6) is 0 Å². The number of aliphatic hydroxyl groups excluding tert-OH is 1. The van der Waals surface area contributed by atoms with Crippen LogP contribution in [0, 0.1) is 18.8 Å². The van der Waals surface area contributed by atoms with Crippen LogP contribution in [-0.4, -0.2) is 109 Å². The highest BCUT2D eigenvalue weighted by Gasteiger charge is 2.49. The lowest BCUT2D eigenvalue weighted by Gasteiger charge is -2.45. The number of cyclic esters (lactones) is 1. The molecule has 2 heterocycles. The number of ketones is 2. The third-order valence-corrected chi connectivity index (χ3v) is 11.8. The number of aryl methyl sites for hydroxylation is 1. The zero-order valence-corrected chi connectivity index (χ0v) is 38.7. The molecule has 4 aromatic carbocycles. The number of carbonyl (C=O) groups excluding carboxylic acids is 5. The second-order valence-corrected chi connectivity index (χ2v) is 17.1.